The molecule has 9 heteroatoms. The molecule has 336 valence electrons. The molecule has 8 nitrogen and oxygen atoms in total. The van der Waals surface area contributed by atoms with Crippen LogP contribution in [0.25, 0.3) is 0 Å². The van der Waals surface area contributed by atoms with E-state index in [1.807, 2.05) is 27.2 Å². The highest BCUT2D eigenvalue weighted by atomic mass is 31.2. The van der Waals surface area contributed by atoms with Crippen LogP contribution in [0.15, 0.2) is 109 Å². The maximum Gasteiger partial charge on any atom is 0.268 e. The van der Waals surface area contributed by atoms with Crippen molar-refractivity contribution in [2.45, 2.75) is 161 Å². The summed E-state index contributed by atoms with van der Waals surface area (Å²) in [6, 6.07) is -0.920. The molecule has 0 fully saturated rings. The monoisotopic (exact) mass is 841 g/mol. The lowest BCUT2D eigenvalue weighted by Crippen LogP contribution is -2.45. The minimum Gasteiger partial charge on any atom is -0.756 e. The molecule has 1 amide bonds. The number of carbonyl (C=O) groups excluding carboxylic acids is 1. The van der Waals surface area contributed by atoms with Gasteiger partial charge in [0.05, 0.1) is 39.9 Å². The molecule has 0 bridgehead atoms. The van der Waals surface area contributed by atoms with Gasteiger partial charge in [0.1, 0.15) is 13.2 Å². The van der Waals surface area contributed by atoms with Gasteiger partial charge in [0.2, 0.25) is 5.91 Å². The second kappa shape index (κ2) is 40.6. The first-order valence-corrected chi connectivity index (χ1v) is 24.2. The van der Waals surface area contributed by atoms with Gasteiger partial charge in [0.25, 0.3) is 7.82 Å². The summed E-state index contributed by atoms with van der Waals surface area (Å²) in [6.07, 6.45) is 58.7. The number of phosphoric acid groups is 1. The molecule has 0 aliphatic heterocycles. The smallest absolute Gasteiger partial charge is 0.268 e. The Hall–Kier alpha value is -2.84. The van der Waals surface area contributed by atoms with Crippen LogP contribution in [0.4, 0.5) is 0 Å². The Bertz CT molecular complexity index is 1320. The Morgan fingerprint density at radius 1 is 0.593 bits per heavy atom. The first-order valence-electron chi connectivity index (χ1n) is 22.7. The van der Waals surface area contributed by atoms with Crippen molar-refractivity contribution in [3.05, 3.63) is 109 Å². The quantitative estimate of drug-likeness (QED) is 0.0276. The molecule has 2 N–H and O–H groups in total. The van der Waals surface area contributed by atoms with Crippen LogP contribution in [0.3, 0.4) is 0 Å². The predicted octanol–water partition coefficient (Wildman–Crippen LogP) is 12.3. The topological polar surface area (TPSA) is 108 Å². The first kappa shape index (κ1) is 56.2. The average Bonchev–Trinajstić information content (AvgIpc) is 3.19. The zero-order valence-corrected chi connectivity index (χ0v) is 38.8. The van der Waals surface area contributed by atoms with E-state index in [2.05, 4.69) is 116 Å². The molecule has 3 unspecified atom stereocenters. The number of hydrogen-bond donors (Lipinski definition) is 2. The van der Waals surface area contributed by atoms with Crippen molar-refractivity contribution in [3.8, 4) is 0 Å². The Morgan fingerprint density at radius 2 is 1.00 bits per heavy atom. The van der Waals surface area contributed by atoms with Crippen molar-refractivity contribution in [1.29, 1.82) is 0 Å². The third kappa shape index (κ3) is 43.1. The lowest BCUT2D eigenvalue weighted by Gasteiger charge is -2.29. The maximum absolute atomic E-state index is 12.8. The number of aliphatic hydroxyl groups is 1. The molecule has 0 radical (unpaired) electrons. The third-order valence-electron chi connectivity index (χ3n) is 9.21. The van der Waals surface area contributed by atoms with Gasteiger partial charge in [-0.05, 0) is 89.9 Å². The van der Waals surface area contributed by atoms with Gasteiger partial charge in [0.15, 0.2) is 0 Å². The molecule has 0 aliphatic carbocycles. The van der Waals surface area contributed by atoms with Crippen molar-refractivity contribution in [2.24, 2.45) is 0 Å². The van der Waals surface area contributed by atoms with Crippen molar-refractivity contribution in [3.63, 3.8) is 0 Å². The summed E-state index contributed by atoms with van der Waals surface area (Å²) in [5.74, 6) is -0.229. The number of unbranched alkanes of at least 4 members (excludes halogenated alkanes) is 10. The van der Waals surface area contributed by atoms with E-state index in [9.17, 15) is 19.4 Å². The molecule has 0 heterocycles. The molecule has 0 aromatic carbocycles. The van der Waals surface area contributed by atoms with Gasteiger partial charge in [-0.15, -0.1) is 0 Å². The minimum atomic E-state index is -4.60. The number of phosphoric ester groups is 1. The van der Waals surface area contributed by atoms with Crippen LogP contribution in [0, 0.1) is 0 Å². The second-order valence-electron chi connectivity index (χ2n) is 16.0. The summed E-state index contributed by atoms with van der Waals surface area (Å²) < 4.78 is 23.1. The molecule has 0 rings (SSSR count). The van der Waals surface area contributed by atoms with Crippen LogP contribution in [0.2, 0.25) is 0 Å². The summed E-state index contributed by atoms with van der Waals surface area (Å²) in [5.41, 5.74) is 0. The Morgan fingerprint density at radius 3 is 1.51 bits per heavy atom. The number of allylic oxidation sites excluding steroid dienone is 17. The fraction of sp³-hybridized carbons (Fsp3) is 0.620. The fourth-order valence-corrected chi connectivity index (χ4v) is 6.39. The lowest BCUT2D eigenvalue weighted by molar-refractivity contribution is -0.870. The Labute approximate surface area is 361 Å². The van der Waals surface area contributed by atoms with E-state index >= 15 is 0 Å². The predicted molar refractivity (Wildman–Crippen MR) is 251 cm³/mol. The molecule has 0 aromatic rings. The van der Waals surface area contributed by atoms with Crippen molar-refractivity contribution >= 4 is 13.7 Å². The van der Waals surface area contributed by atoms with Crippen LogP contribution in [-0.2, 0) is 18.4 Å². The number of amides is 1. The zero-order valence-electron chi connectivity index (χ0n) is 37.9. The lowest BCUT2D eigenvalue weighted by atomic mass is 10.1. The van der Waals surface area contributed by atoms with Crippen molar-refractivity contribution in [1.82, 2.24) is 5.32 Å². The molecule has 0 aliphatic rings. The summed E-state index contributed by atoms with van der Waals surface area (Å²) in [6.45, 7) is 4.33. The van der Waals surface area contributed by atoms with Gasteiger partial charge in [-0.1, -0.05) is 162 Å². The van der Waals surface area contributed by atoms with Crippen LogP contribution < -0.4 is 10.2 Å². The van der Waals surface area contributed by atoms with Crippen molar-refractivity contribution in [2.75, 3.05) is 40.9 Å². The fourth-order valence-electron chi connectivity index (χ4n) is 5.66. The van der Waals surface area contributed by atoms with Gasteiger partial charge >= 0.3 is 0 Å². The van der Waals surface area contributed by atoms with E-state index in [4.69, 9.17) is 9.05 Å². The number of rotatable bonds is 39. The summed E-state index contributed by atoms with van der Waals surface area (Å²) in [7, 11) is 1.20. The summed E-state index contributed by atoms with van der Waals surface area (Å²) in [4.78, 5) is 25.3. The number of likely N-dealkylation sites (N-methyl/N-ethyl adjacent to an activating group) is 1. The van der Waals surface area contributed by atoms with Gasteiger partial charge in [-0.2, -0.15) is 0 Å². The van der Waals surface area contributed by atoms with Crippen LogP contribution in [0.1, 0.15) is 149 Å². The first-order chi connectivity index (χ1) is 28.5. The van der Waals surface area contributed by atoms with Crippen LogP contribution in [-0.4, -0.2) is 68.5 Å². The molecule has 0 aromatic heterocycles. The summed E-state index contributed by atoms with van der Waals surface area (Å²) in [5, 5.41) is 13.7. The number of hydrogen-bond acceptors (Lipinski definition) is 6. The zero-order chi connectivity index (χ0) is 43.6. The van der Waals surface area contributed by atoms with Crippen molar-refractivity contribution < 1.29 is 32.9 Å². The molecular weight excluding hydrogens is 756 g/mol. The van der Waals surface area contributed by atoms with E-state index in [0.29, 0.717) is 17.4 Å². The number of quaternary nitrogens is 1. The minimum absolute atomic E-state index is 0.0174. The standard InChI is InChI=1S/C50H85N2O6P/c1-6-8-10-12-14-16-18-19-20-21-22-23-24-25-26-27-28-29-30-31-32-33-34-36-38-40-42-44-50(54)51-48(47-58-59(55,56)57-46-45-52(3,4)5)49(53)43-41-39-37-35-17-15-13-11-9-7-2/h8-11,14,16-17,19-20,22-23,25-26,28-29,35,41,43,48-49,53H,6-7,12-13,15,18,21,24,27,30-34,36-40,42,44-47H2,1-5H3,(H-,51,54,55,56)/b10-8-,11-9+,16-14-,20-19-,23-22-,26-25-,29-28-,35-17+,43-41+. The highest BCUT2D eigenvalue weighted by molar-refractivity contribution is 7.45. The molecule has 0 saturated heterocycles. The molecular formula is C50H85N2O6P. The normalized spacial score (nSPS) is 15.3. The number of nitrogens with one attached hydrogen (secondary N) is 1. The highest BCUT2D eigenvalue weighted by Gasteiger charge is 2.23. The average molecular weight is 841 g/mol. The second-order valence-corrected chi connectivity index (χ2v) is 17.4. The SMILES string of the molecule is CC/C=C\C/C=C\C/C=C\C/C=C\C/C=C\C/C=C\CCCCCCCCCCC(=O)NC(COP(=O)([O-])OCC[N+](C)(C)C)C(O)/C=C/CC/C=C/CC/C=C/CC. The van der Waals surface area contributed by atoms with E-state index < -0.39 is 26.6 Å². The molecule has 0 saturated carbocycles. The van der Waals surface area contributed by atoms with Gasteiger partial charge in [-0.25, -0.2) is 0 Å². The Balaban J connectivity index is 4.29. The van der Waals surface area contributed by atoms with E-state index in [1.165, 1.54) is 25.7 Å². The van der Waals surface area contributed by atoms with E-state index in [0.717, 1.165) is 103 Å². The van der Waals surface area contributed by atoms with Gasteiger partial charge in [0, 0.05) is 6.42 Å². The largest absolute Gasteiger partial charge is 0.756 e. The van der Waals surface area contributed by atoms with Gasteiger partial charge in [-0.3, -0.25) is 9.36 Å². The summed E-state index contributed by atoms with van der Waals surface area (Å²) >= 11 is 0. The number of nitrogens with zero attached hydrogens (tertiary/aromatic N) is 1. The number of aliphatic hydroxyl groups excluding tert-OH is 1. The Kier molecular flexibility index (Phi) is 38.6. The molecule has 59 heavy (non-hydrogen) atoms. The molecule has 0 spiro atoms. The molecule has 3 atom stereocenters. The maximum atomic E-state index is 12.8. The van der Waals surface area contributed by atoms with Gasteiger partial charge < -0.3 is 28.8 Å². The highest BCUT2D eigenvalue weighted by Crippen LogP contribution is 2.38. The van der Waals surface area contributed by atoms with Crippen LogP contribution >= 0.6 is 7.82 Å². The third-order valence-corrected chi connectivity index (χ3v) is 10.2. The van der Waals surface area contributed by atoms with Crippen LogP contribution in [0.5, 0.6) is 0 Å². The van der Waals surface area contributed by atoms with E-state index in [-0.39, 0.29) is 12.5 Å². The number of carbonyl (C=O) groups is 1. The van der Waals surface area contributed by atoms with E-state index in [1.54, 1.807) is 6.08 Å².